The van der Waals surface area contributed by atoms with Crippen LogP contribution in [-0.4, -0.2) is 14.3 Å². The molecule has 0 spiro atoms. The van der Waals surface area contributed by atoms with Crippen LogP contribution in [0, 0.1) is 6.92 Å². The van der Waals surface area contributed by atoms with Crippen LogP contribution in [0.5, 0.6) is 0 Å². The molecule has 28 heavy (non-hydrogen) atoms. The molecule has 0 aliphatic rings. The van der Waals surface area contributed by atoms with Crippen LogP contribution < -0.4 is 10.0 Å². The molecular formula is C21H19ClN2O3S. The number of hydrogen-bond acceptors (Lipinski definition) is 3. The molecular weight excluding hydrogens is 396 g/mol. The molecule has 2 N–H and O–H groups in total. The highest BCUT2D eigenvalue weighted by atomic mass is 35.5. The maximum atomic E-state index is 12.4. The van der Waals surface area contributed by atoms with Crippen molar-refractivity contribution in [2.45, 2.75) is 18.4 Å². The number of rotatable bonds is 6. The first-order valence-corrected chi connectivity index (χ1v) is 10.4. The molecule has 0 unspecified atom stereocenters. The third-order valence-corrected chi connectivity index (χ3v) is 5.70. The van der Waals surface area contributed by atoms with E-state index in [0.717, 1.165) is 11.1 Å². The van der Waals surface area contributed by atoms with E-state index < -0.39 is 10.0 Å². The van der Waals surface area contributed by atoms with Gasteiger partial charge >= 0.3 is 0 Å². The Morgan fingerprint density at radius 1 is 0.964 bits per heavy atom. The van der Waals surface area contributed by atoms with E-state index in [-0.39, 0.29) is 10.8 Å². The number of carbonyl (C=O) groups is 1. The lowest BCUT2D eigenvalue weighted by Crippen LogP contribution is -2.22. The molecule has 0 aliphatic heterocycles. The zero-order chi connectivity index (χ0) is 20.1. The van der Waals surface area contributed by atoms with Crippen LogP contribution in [0.1, 0.15) is 21.5 Å². The molecule has 3 aromatic carbocycles. The van der Waals surface area contributed by atoms with Gasteiger partial charge in [-0.2, -0.15) is 0 Å². The Hall–Kier alpha value is -2.83. The van der Waals surface area contributed by atoms with Crippen LogP contribution >= 0.6 is 11.6 Å². The van der Waals surface area contributed by atoms with Gasteiger partial charge in [0.05, 0.1) is 4.90 Å². The summed E-state index contributed by atoms with van der Waals surface area (Å²) in [5.74, 6) is -0.257. The molecule has 0 aliphatic carbocycles. The summed E-state index contributed by atoms with van der Waals surface area (Å²) < 4.78 is 27.3. The number of sulfonamides is 1. The molecule has 3 aromatic rings. The maximum absolute atomic E-state index is 12.4. The first kappa shape index (κ1) is 19.9. The first-order valence-electron chi connectivity index (χ1n) is 8.56. The highest BCUT2D eigenvalue weighted by molar-refractivity contribution is 7.92. The molecule has 0 radical (unpaired) electrons. The van der Waals surface area contributed by atoms with Gasteiger partial charge in [-0.15, -0.1) is 0 Å². The number of hydrogen-bond donors (Lipinski definition) is 2. The summed E-state index contributed by atoms with van der Waals surface area (Å²) in [5.41, 5.74) is 2.68. The van der Waals surface area contributed by atoms with Gasteiger partial charge in [0.1, 0.15) is 0 Å². The third-order valence-electron chi connectivity index (χ3n) is 4.07. The Labute approximate surface area is 169 Å². The van der Waals surface area contributed by atoms with Crippen molar-refractivity contribution < 1.29 is 13.2 Å². The Morgan fingerprint density at radius 3 is 2.29 bits per heavy atom. The summed E-state index contributed by atoms with van der Waals surface area (Å²) in [6.45, 7) is 2.24. The molecule has 0 saturated heterocycles. The van der Waals surface area contributed by atoms with E-state index in [4.69, 9.17) is 11.6 Å². The SMILES string of the molecule is Cc1ccc(S(=O)(=O)Nc2ccc(C(=O)NCc3cccc(Cl)c3)cc2)cc1. The van der Waals surface area contributed by atoms with Gasteiger partial charge in [0.2, 0.25) is 0 Å². The van der Waals surface area contributed by atoms with Gasteiger partial charge in [-0.1, -0.05) is 41.4 Å². The van der Waals surface area contributed by atoms with Crippen molar-refractivity contribution in [3.63, 3.8) is 0 Å². The Morgan fingerprint density at radius 2 is 1.64 bits per heavy atom. The van der Waals surface area contributed by atoms with Crippen molar-refractivity contribution in [1.29, 1.82) is 0 Å². The fourth-order valence-electron chi connectivity index (χ4n) is 2.55. The molecule has 144 valence electrons. The summed E-state index contributed by atoms with van der Waals surface area (Å²) in [5, 5.41) is 3.41. The Bertz CT molecular complexity index is 1080. The summed E-state index contributed by atoms with van der Waals surface area (Å²) in [4.78, 5) is 12.5. The van der Waals surface area contributed by atoms with Crippen molar-refractivity contribution in [2.24, 2.45) is 0 Å². The molecule has 0 bridgehead atoms. The fourth-order valence-corrected chi connectivity index (χ4v) is 3.82. The number of halogens is 1. The zero-order valence-corrected chi connectivity index (χ0v) is 16.7. The molecule has 0 heterocycles. The molecule has 0 aromatic heterocycles. The van der Waals surface area contributed by atoms with Gasteiger partial charge in [-0.05, 0) is 61.0 Å². The van der Waals surface area contributed by atoms with Crippen molar-refractivity contribution in [3.05, 3.63) is 94.5 Å². The summed E-state index contributed by atoms with van der Waals surface area (Å²) >= 11 is 5.93. The zero-order valence-electron chi connectivity index (χ0n) is 15.1. The van der Waals surface area contributed by atoms with Crippen LogP contribution in [-0.2, 0) is 16.6 Å². The lowest BCUT2D eigenvalue weighted by Gasteiger charge is -2.10. The Balaban J connectivity index is 1.64. The lowest BCUT2D eigenvalue weighted by molar-refractivity contribution is 0.0951. The molecule has 7 heteroatoms. The van der Waals surface area contributed by atoms with Crippen molar-refractivity contribution in [1.82, 2.24) is 5.32 Å². The minimum atomic E-state index is -3.68. The van der Waals surface area contributed by atoms with E-state index in [1.807, 2.05) is 19.1 Å². The molecule has 0 fully saturated rings. The number of nitrogens with one attached hydrogen (secondary N) is 2. The van der Waals surface area contributed by atoms with E-state index in [9.17, 15) is 13.2 Å². The summed E-state index contributed by atoms with van der Waals surface area (Å²) in [6, 6.07) is 20.1. The fraction of sp³-hybridized carbons (Fsp3) is 0.0952. The van der Waals surface area contributed by atoms with Gasteiger partial charge in [0.15, 0.2) is 0 Å². The molecule has 0 saturated carbocycles. The van der Waals surface area contributed by atoms with Gasteiger partial charge in [0.25, 0.3) is 15.9 Å². The highest BCUT2D eigenvalue weighted by Gasteiger charge is 2.14. The van der Waals surface area contributed by atoms with Crippen LogP contribution in [0.4, 0.5) is 5.69 Å². The average molecular weight is 415 g/mol. The summed E-state index contributed by atoms with van der Waals surface area (Å²) in [6.07, 6.45) is 0. The standard InChI is InChI=1S/C21H19ClN2O3S/c1-15-5-11-20(12-6-15)28(26,27)24-19-9-7-17(8-10-19)21(25)23-14-16-3-2-4-18(22)13-16/h2-13,24H,14H2,1H3,(H,23,25). The quantitative estimate of drug-likeness (QED) is 0.628. The first-order chi connectivity index (χ1) is 13.3. The van der Waals surface area contributed by atoms with Gasteiger partial charge in [0, 0.05) is 22.8 Å². The van der Waals surface area contributed by atoms with Gasteiger partial charge in [-0.3, -0.25) is 9.52 Å². The van der Waals surface area contributed by atoms with Gasteiger partial charge in [-0.25, -0.2) is 8.42 Å². The number of anilines is 1. The van der Waals surface area contributed by atoms with Crippen LogP contribution in [0.25, 0.3) is 0 Å². The Kier molecular flexibility index (Phi) is 6.02. The molecule has 0 atom stereocenters. The van der Waals surface area contributed by atoms with E-state index in [1.165, 1.54) is 0 Å². The van der Waals surface area contributed by atoms with E-state index in [1.54, 1.807) is 60.7 Å². The predicted molar refractivity (Wildman–Crippen MR) is 111 cm³/mol. The summed E-state index contributed by atoms with van der Waals surface area (Å²) in [7, 11) is -3.68. The minimum Gasteiger partial charge on any atom is -0.348 e. The second kappa shape index (κ2) is 8.46. The minimum absolute atomic E-state index is 0.182. The smallest absolute Gasteiger partial charge is 0.261 e. The molecule has 5 nitrogen and oxygen atoms in total. The predicted octanol–water partition coefficient (Wildman–Crippen LogP) is 4.38. The number of amides is 1. The second-order valence-electron chi connectivity index (χ2n) is 6.31. The van der Waals surface area contributed by atoms with Crippen LogP contribution in [0.2, 0.25) is 5.02 Å². The highest BCUT2D eigenvalue weighted by Crippen LogP contribution is 2.17. The van der Waals surface area contributed by atoms with E-state index in [0.29, 0.717) is 22.8 Å². The van der Waals surface area contributed by atoms with Crippen LogP contribution in [0.3, 0.4) is 0 Å². The normalized spacial score (nSPS) is 11.1. The number of benzene rings is 3. The van der Waals surface area contributed by atoms with Crippen molar-refractivity contribution >= 4 is 33.2 Å². The van der Waals surface area contributed by atoms with Crippen molar-refractivity contribution in [2.75, 3.05) is 4.72 Å². The second-order valence-corrected chi connectivity index (χ2v) is 8.43. The number of carbonyl (C=O) groups excluding carboxylic acids is 1. The third kappa shape index (κ3) is 5.12. The van der Waals surface area contributed by atoms with Gasteiger partial charge < -0.3 is 5.32 Å². The van der Waals surface area contributed by atoms with Crippen molar-refractivity contribution in [3.8, 4) is 0 Å². The maximum Gasteiger partial charge on any atom is 0.261 e. The average Bonchev–Trinajstić information content (AvgIpc) is 2.67. The monoisotopic (exact) mass is 414 g/mol. The number of aryl methyl sites for hydroxylation is 1. The largest absolute Gasteiger partial charge is 0.348 e. The van der Waals surface area contributed by atoms with E-state index >= 15 is 0 Å². The van der Waals surface area contributed by atoms with E-state index in [2.05, 4.69) is 10.0 Å². The van der Waals surface area contributed by atoms with Crippen LogP contribution in [0.15, 0.2) is 77.7 Å². The molecule has 1 amide bonds. The lowest BCUT2D eigenvalue weighted by atomic mass is 10.2. The molecule has 3 rings (SSSR count). The topological polar surface area (TPSA) is 75.3 Å².